The Morgan fingerprint density at radius 3 is 3.15 bits per heavy atom. The van der Waals surface area contributed by atoms with Crippen molar-refractivity contribution < 1.29 is 9.90 Å². The summed E-state index contributed by atoms with van der Waals surface area (Å²) in [5.41, 5.74) is 0.652. The van der Waals surface area contributed by atoms with Gasteiger partial charge >= 0.3 is 0 Å². The maximum atomic E-state index is 11.7. The van der Waals surface area contributed by atoms with Crippen LogP contribution in [0, 0.1) is 0 Å². The summed E-state index contributed by atoms with van der Waals surface area (Å²) in [7, 11) is 1.62. The topological polar surface area (TPSA) is 45.5 Å². The smallest absolute Gasteiger partial charge is 0.272 e. The van der Waals surface area contributed by atoms with Crippen LogP contribution >= 0.6 is 0 Å². The maximum absolute atomic E-state index is 11.7. The van der Waals surface area contributed by atoms with Gasteiger partial charge in [-0.3, -0.25) is 4.79 Å². The molecule has 0 spiro atoms. The molecule has 2 rings (SSSR count). The Labute approximate surface area is 76.4 Å². The molecule has 0 aromatic carbocycles. The second-order valence-corrected chi connectivity index (χ2v) is 3.27. The summed E-state index contributed by atoms with van der Waals surface area (Å²) in [6, 6.07) is 3.62. The van der Waals surface area contributed by atoms with E-state index < -0.39 is 6.23 Å². The number of aliphatic hydroxyl groups excluding tert-OH is 1. The van der Waals surface area contributed by atoms with Gasteiger partial charge in [0.2, 0.25) is 0 Å². The summed E-state index contributed by atoms with van der Waals surface area (Å²) >= 11 is 0. The highest BCUT2D eigenvalue weighted by Gasteiger charge is 2.24. The second-order valence-electron chi connectivity index (χ2n) is 3.27. The van der Waals surface area contributed by atoms with Crippen LogP contribution in [-0.2, 0) is 6.54 Å². The van der Waals surface area contributed by atoms with Crippen LogP contribution in [-0.4, -0.2) is 33.8 Å². The minimum absolute atomic E-state index is 0.116. The molecule has 1 atom stereocenters. The van der Waals surface area contributed by atoms with Crippen LogP contribution in [0.3, 0.4) is 0 Å². The highest BCUT2D eigenvalue weighted by atomic mass is 16.3. The van der Waals surface area contributed by atoms with Gasteiger partial charge in [-0.25, -0.2) is 0 Å². The van der Waals surface area contributed by atoms with Gasteiger partial charge in [0, 0.05) is 26.2 Å². The Balaban J connectivity index is 2.40. The third-order valence-electron chi connectivity index (χ3n) is 2.44. The lowest BCUT2D eigenvalue weighted by atomic mass is 10.3. The molecule has 2 heterocycles. The Morgan fingerprint density at radius 1 is 1.62 bits per heavy atom. The summed E-state index contributed by atoms with van der Waals surface area (Å²) in [5, 5.41) is 9.51. The van der Waals surface area contributed by atoms with Crippen molar-refractivity contribution >= 4 is 5.91 Å². The highest BCUT2D eigenvalue weighted by Crippen LogP contribution is 2.14. The summed E-state index contributed by atoms with van der Waals surface area (Å²) in [6.07, 6.45) is 1.79. The van der Waals surface area contributed by atoms with Crippen LogP contribution in [0.25, 0.3) is 0 Å². The van der Waals surface area contributed by atoms with Gasteiger partial charge in [-0.2, -0.15) is 0 Å². The largest absolute Gasteiger partial charge is 0.373 e. The normalized spacial score (nSPS) is 22.8. The molecule has 70 valence electrons. The van der Waals surface area contributed by atoms with Crippen LogP contribution in [0.15, 0.2) is 18.3 Å². The lowest BCUT2D eigenvalue weighted by Crippen LogP contribution is -2.35. The first-order valence-electron chi connectivity index (χ1n) is 4.30. The molecule has 0 saturated heterocycles. The van der Waals surface area contributed by atoms with E-state index in [1.807, 2.05) is 16.8 Å². The number of amides is 1. The summed E-state index contributed by atoms with van der Waals surface area (Å²) < 4.78 is 1.87. The fourth-order valence-corrected chi connectivity index (χ4v) is 1.57. The van der Waals surface area contributed by atoms with Crippen molar-refractivity contribution in [3.8, 4) is 0 Å². The molecule has 0 saturated carbocycles. The molecule has 13 heavy (non-hydrogen) atoms. The second kappa shape index (κ2) is 2.88. The molecule has 1 unspecified atom stereocenters. The van der Waals surface area contributed by atoms with Gasteiger partial charge in [0.1, 0.15) is 11.9 Å². The first-order chi connectivity index (χ1) is 6.20. The molecule has 0 aliphatic carbocycles. The maximum Gasteiger partial charge on any atom is 0.272 e. The Bertz CT molecular complexity index is 332. The van der Waals surface area contributed by atoms with Crippen LogP contribution in [0.1, 0.15) is 16.9 Å². The number of carbonyl (C=O) groups is 1. The monoisotopic (exact) mass is 180 g/mol. The zero-order valence-corrected chi connectivity index (χ0v) is 7.47. The van der Waals surface area contributed by atoms with Crippen LogP contribution in [0.5, 0.6) is 0 Å². The molecule has 1 aromatic heterocycles. The number of aliphatic hydroxyl groups is 1. The van der Waals surface area contributed by atoms with E-state index in [1.54, 1.807) is 13.1 Å². The number of fused-ring (bicyclic) bond motifs is 1. The van der Waals surface area contributed by atoms with Gasteiger partial charge in [0.05, 0.1) is 0 Å². The summed E-state index contributed by atoms with van der Waals surface area (Å²) in [6.45, 7) is 0.694. The standard InChI is InChI=1S/C9H12N2O2/c1-10-8(12)4-6-11-5-2-3-7(11)9(10)13/h2-3,5,8,12H,4,6H2,1H3. The van der Waals surface area contributed by atoms with Crippen molar-refractivity contribution in [3.63, 3.8) is 0 Å². The molecule has 4 heteroatoms. The lowest BCUT2D eigenvalue weighted by Gasteiger charge is -2.19. The molecule has 1 N–H and O–H groups in total. The number of aryl methyl sites for hydroxylation is 1. The third-order valence-corrected chi connectivity index (χ3v) is 2.44. The van der Waals surface area contributed by atoms with Gasteiger partial charge in [-0.05, 0) is 12.1 Å². The number of rotatable bonds is 0. The van der Waals surface area contributed by atoms with E-state index in [-0.39, 0.29) is 5.91 Å². The molecule has 1 aromatic rings. The zero-order valence-electron chi connectivity index (χ0n) is 7.47. The van der Waals surface area contributed by atoms with Crippen LogP contribution in [0.4, 0.5) is 0 Å². The predicted molar refractivity (Wildman–Crippen MR) is 47.1 cm³/mol. The number of hydrogen-bond donors (Lipinski definition) is 1. The lowest BCUT2D eigenvalue weighted by molar-refractivity contribution is 0.0179. The molecular weight excluding hydrogens is 168 g/mol. The van der Waals surface area contributed by atoms with Gasteiger partial charge < -0.3 is 14.6 Å². The predicted octanol–water partition coefficient (Wildman–Crippen LogP) is 0.282. The molecule has 1 aliphatic rings. The number of aromatic nitrogens is 1. The van der Waals surface area contributed by atoms with Crippen molar-refractivity contribution in [3.05, 3.63) is 24.0 Å². The SMILES string of the molecule is CN1C(=O)c2cccn2CCC1O. The van der Waals surface area contributed by atoms with Crippen molar-refractivity contribution in [2.45, 2.75) is 19.2 Å². The first kappa shape index (κ1) is 8.31. The minimum Gasteiger partial charge on any atom is -0.373 e. The fourth-order valence-electron chi connectivity index (χ4n) is 1.57. The van der Waals surface area contributed by atoms with Gasteiger partial charge in [-0.15, -0.1) is 0 Å². The Hall–Kier alpha value is -1.29. The van der Waals surface area contributed by atoms with Crippen LogP contribution in [0.2, 0.25) is 0 Å². The zero-order chi connectivity index (χ0) is 9.42. The number of carbonyl (C=O) groups excluding carboxylic acids is 1. The minimum atomic E-state index is -0.660. The number of nitrogens with zero attached hydrogens (tertiary/aromatic N) is 2. The van der Waals surface area contributed by atoms with E-state index in [2.05, 4.69) is 0 Å². The number of hydrogen-bond acceptors (Lipinski definition) is 2. The van der Waals surface area contributed by atoms with E-state index in [0.29, 0.717) is 18.7 Å². The fraction of sp³-hybridized carbons (Fsp3) is 0.444. The molecule has 1 amide bonds. The average Bonchev–Trinajstić information content (AvgIpc) is 2.56. The molecule has 0 bridgehead atoms. The van der Waals surface area contributed by atoms with Crippen LogP contribution < -0.4 is 0 Å². The summed E-state index contributed by atoms with van der Waals surface area (Å²) in [4.78, 5) is 13.0. The van der Waals surface area contributed by atoms with Crippen molar-refractivity contribution in [2.24, 2.45) is 0 Å². The first-order valence-corrected chi connectivity index (χ1v) is 4.30. The molecule has 0 radical (unpaired) electrons. The Morgan fingerprint density at radius 2 is 2.38 bits per heavy atom. The highest BCUT2D eigenvalue weighted by molar-refractivity contribution is 5.92. The van der Waals surface area contributed by atoms with Crippen molar-refractivity contribution in [2.75, 3.05) is 7.05 Å². The van der Waals surface area contributed by atoms with E-state index in [0.717, 1.165) is 0 Å². The van der Waals surface area contributed by atoms with Crippen molar-refractivity contribution in [1.82, 2.24) is 9.47 Å². The van der Waals surface area contributed by atoms with E-state index in [1.165, 1.54) is 4.90 Å². The van der Waals surface area contributed by atoms with Crippen molar-refractivity contribution in [1.29, 1.82) is 0 Å². The van der Waals surface area contributed by atoms with Gasteiger partial charge in [0.25, 0.3) is 5.91 Å². The van der Waals surface area contributed by atoms with E-state index >= 15 is 0 Å². The van der Waals surface area contributed by atoms with E-state index in [9.17, 15) is 9.90 Å². The molecule has 4 nitrogen and oxygen atoms in total. The molecular formula is C9H12N2O2. The summed E-state index contributed by atoms with van der Waals surface area (Å²) in [5.74, 6) is -0.116. The molecule has 0 fully saturated rings. The van der Waals surface area contributed by atoms with Gasteiger partial charge in [-0.1, -0.05) is 0 Å². The quantitative estimate of drug-likeness (QED) is 0.623. The average molecular weight is 180 g/mol. The Kier molecular flexibility index (Phi) is 1.84. The van der Waals surface area contributed by atoms with E-state index in [4.69, 9.17) is 0 Å². The third kappa shape index (κ3) is 1.23. The molecule has 1 aliphatic heterocycles. The van der Waals surface area contributed by atoms with Gasteiger partial charge in [0.15, 0.2) is 0 Å².